The van der Waals surface area contributed by atoms with Crippen molar-refractivity contribution in [3.63, 3.8) is 0 Å². The van der Waals surface area contributed by atoms with Crippen molar-refractivity contribution in [1.82, 2.24) is 4.98 Å². The first kappa shape index (κ1) is 13.8. The quantitative estimate of drug-likeness (QED) is 0.875. The van der Waals surface area contributed by atoms with E-state index in [0.29, 0.717) is 12.3 Å². The Morgan fingerprint density at radius 1 is 1.53 bits per heavy atom. The zero-order valence-corrected chi connectivity index (χ0v) is 11.4. The van der Waals surface area contributed by atoms with Crippen LogP contribution < -0.4 is 10.9 Å². The Bertz CT molecular complexity index is 510. The minimum Gasteiger partial charge on any atom is -0.377 e. The van der Waals surface area contributed by atoms with Crippen LogP contribution in [-0.2, 0) is 9.53 Å². The van der Waals surface area contributed by atoms with Crippen LogP contribution in [0.2, 0.25) is 0 Å². The highest BCUT2D eigenvalue weighted by molar-refractivity contribution is 5.92. The highest BCUT2D eigenvalue weighted by atomic mass is 16.5. The topological polar surface area (TPSA) is 71.2 Å². The van der Waals surface area contributed by atoms with E-state index in [1.54, 1.807) is 19.1 Å². The van der Waals surface area contributed by atoms with Gasteiger partial charge in [0, 0.05) is 12.3 Å². The summed E-state index contributed by atoms with van der Waals surface area (Å²) in [7, 11) is 0. The number of aromatic nitrogens is 1. The number of anilines is 1. The fraction of sp³-hybridized carbons (Fsp3) is 0.571. The van der Waals surface area contributed by atoms with Crippen LogP contribution in [0, 0.1) is 12.8 Å². The first-order valence-electron chi connectivity index (χ1n) is 6.74. The third-order valence-electron chi connectivity index (χ3n) is 3.49. The number of aromatic amines is 1. The van der Waals surface area contributed by atoms with Crippen molar-refractivity contribution in [2.45, 2.75) is 39.2 Å². The molecule has 0 aliphatic carbocycles. The number of rotatable bonds is 3. The fourth-order valence-electron chi connectivity index (χ4n) is 2.44. The molecule has 0 aromatic carbocycles. The second-order valence-electron chi connectivity index (χ2n) is 4.94. The number of H-pyrrole nitrogens is 1. The SMILES string of the molecule is CCC1OCCCC1C(=O)Nc1ccc(C)[nH]c1=O. The molecule has 5 heteroatoms. The van der Waals surface area contributed by atoms with Crippen LogP contribution in [0.25, 0.3) is 0 Å². The monoisotopic (exact) mass is 264 g/mol. The molecular weight excluding hydrogens is 244 g/mol. The third-order valence-corrected chi connectivity index (χ3v) is 3.49. The molecule has 1 amide bonds. The van der Waals surface area contributed by atoms with Gasteiger partial charge in [0.1, 0.15) is 5.69 Å². The maximum atomic E-state index is 12.2. The largest absolute Gasteiger partial charge is 0.377 e. The van der Waals surface area contributed by atoms with Gasteiger partial charge in [-0.2, -0.15) is 0 Å². The Labute approximate surface area is 112 Å². The van der Waals surface area contributed by atoms with Crippen molar-refractivity contribution < 1.29 is 9.53 Å². The Kier molecular flexibility index (Phi) is 4.37. The van der Waals surface area contributed by atoms with Crippen molar-refractivity contribution in [1.29, 1.82) is 0 Å². The second kappa shape index (κ2) is 6.02. The number of hydrogen-bond donors (Lipinski definition) is 2. The lowest BCUT2D eigenvalue weighted by molar-refractivity contribution is -0.129. The van der Waals surface area contributed by atoms with Gasteiger partial charge < -0.3 is 15.0 Å². The maximum Gasteiger partial charge on any atom is 0.271 e. The fourth-order valence-corrected chi connectivity index (χ4v) is 2.44. The number of amides is 1. The molecule has 0 saturated carbocycles. The summed E-state index contributed by atoms with van der Waals surface area (Å²) in [6.07, 6.45) is 2.47. The molecule has 1 aromatic heterocycles. The predicted molar refractivity (Wildman–Crippen MR) is 73.2 cm³/mol. The van der Waals surface area contributed by atoms with Gasteiger partial charge in [-0.25, -0.2) is 0 Å². The van der Waals surface area contributed by atoms with E-state index < -0.39 is 0 Å². The number of hydrogen-bond acceptors (Lipinski definition) is 3. The summed E-state index contributed by atoms with van der Waals surface area (Å²) in [5, 5.41) is 2.71. The van der Waals surface area contributed by atoms with Gasteiger partial charge in [-0.1, -0.05) is 6.92 Å². The number of pyridine rings is 1. The van der Waals surface area contributed by atoms with Gasteiger partial charge in [-0.15, -0.1) is 0 Å². The zero-order valence-electron chi connectivity index (χ0n) is 11.4. The molecule has 104 valence electrons. The Morgan fingerprint density at radius 2 is 2.32 bits per heavy atom. The van der Waals surface area contributed by atoms with Crippen LogP contribution in [0.1, 0.15) is 31.9 Å². The van der Waals surface area contributed by atoms with E-state index in [4.69, 9.17) is 4.74 Å². The average molecular weight is 264 g/mol. The van der Waals surface area contributed by atoms with Crippen molar-refractivity contribution in [3.05, 3.63) is 28.2 Å². The number of carbonyl (C=O) groups is 1. The summed E-state index contributed by atoms with van der Waals surface area (Å²) in [6.45, 7) is 4.53. The lowest BCUT2D eigenvalue weighted by Crippen LogP contribution is -2.38. The van der Waals surface area contributed by atoms with E-state index in [-0.39, 0.29) is 23.5 Å². The molecular formula is C14H20N2O3. The molecule has 2 N–H and O–H groups in total. The van der Waals surface area contributed by atoms with Crippen LogP contribution in [0.15, 0.2) is 16.9 Å². The highest BCUT2D eigenvalue weighted by Crippen LogP contribution is 2.24. The van der Waals surface area contributed by atoms with Crippen molar-refractivity contribution >= 4 is 11.6 Å². The molecule has 0 bridgehead atoms. The molecule has 5 nitrogen and oxygen atoms in total. The summed E-state index contributed by atoms with van der Waals surface area (Å²) in [5.41, 5.74) is 0.810. The number of carbonyl (C=O) groups excluding carboxylic acids is 1. The molecule has 1 aliphatic rings. The van der Waals surface area contributed by atoms with E-state index in [9.17, 15) is 9.59 Å². The summed E-state index contributed by atoms with van der Waals surface area (Å²) < 4.78 is 5.60. The van der Waals surface area contributed by atoms with Gasteiger partial charge in [0.25, 0.3) is 5.56 Å². The summed E-state index contributed by atoms with van der Waals surface area (Å²) in [6, 6.07) is 3.41. The lowest BCUT2D eigenvalue weighted by atomic mass is 9.92. The van der Waals surface area contributed by atoms with Crippen LogP contribution in [0.5, 0.6) is 0 Å². The molecule has 1 aliphatic heterocycles. The van der Waals surface area contributed by atoms with E-state index >= 15 is 0 Å². The van der Waals surface area contributed by atoms with Crippen molar-refractivity contribution in [2.24, 2.45) is 5.92 Å². The molecule has 0 spiro atoms. The maximum absolute atomic E-state index is 12.2. The van der Waals surface area contributed by atoms with Gasteiger partial charge >= 0.3 is 0 Å². The standard InChI is InChI=1S/C14H20N2O3/c1-3-12-10(5-4-8-19-12)13(17)16-11-7-6-9(2)15-14(11)18/h6-7,10,12H,3-5,8H2,1-2H3,(H,15,18)(H,16,17). The van der Waals surface area contributed by atoms with Crippen molar-refractivity contribution in [2.75, 3.05) is 11.9 Å². The minimum absolute atomic E-state index is 0.0433. The Hall–Kier alpha value is -1.62. The molecule has 1 aromatic rings. The Morgan fingerprint density at radius 3 is 3.00 bits per heavy atom. The van der Waals surface area contributed by atoms with Crippen LogP contribution >= 0.6 is 0 Å². The van der Waals surface area contributed by atoms with Gasteiger partial charge in [0.15, 0.2) is 0 Å². The van der Waals surface area contributed by atoms with E-state index in [0.717, 1.165) is 25.0 Å². The molecule has 2 atom stereocenters. The van der Waals surface area contributed by atoms with Crippen molar-refractivity contribution in [3.8, 4) is 0 Å². The van der Waals surface area contributed by atoms with Crippen LogP contribution in [-0.4, -0.2) is 23.6 Å². The molecule has 1 fully saturated rings. The minimum atomic E-state index is -0.266. The van der Waals surface area contributed by atoms with Gasteiger partial charge in [-0.3, -0.25) is 9.59 Å². The number of aryl methyl sites for hydroxylation is 1. The normalized spacial score (nSPS) is 23.1. The molecule has 1 saturated heterocycles. The number of nitrogens with one attached hydrogen (secondary N) is 2. The molecule has 2 rings (SSSR count). The molecule has 0 radical (unpaired) electrons. The molecule has 19 heavy (non-hydrogen) atoms. The predicted octanol–water partition coefficient (Wildman–Crippen LogP) is 1.83. The Balaban J connectivity index is 2.09. The van der Waals surface area contributed by atoms with Gasteiger partial charge in [-0.05, 0) is 38.3 Å². The lowest BCUT2D eigenvalue weighted by Gasteiger charge is -2.29. The summed E-state index contributed by atoms with van der Waals surface area (Å²) in [4.78, 5) is 26.6. The molecule has 2 heterocycles. The first-order valence-corrected chi connectivity index (χ1v) is 6.74. The third kappa shape index (κ3) is 3.23. The van der Waals surface area contributed by atoms with E-state index in [1.165, 1.54) is 0 Å². The van der Waals surface area contributed by atoms with Gasteiger partial charge in [0.05, 0.1) is 12.0 Å². The van der Waals surface area contributed by atoms with E-state index in [2.05, 4.69) is 10.3 Å². The van der Waals surface area contributed by atoms with Gasteiger partial charge in [0.2, 0.25) is 5.91 Å². The van der Waals surface area contributed by atoms with Crippen LogP contribution in [0.3, 0.4) is 0 Å². The highest BCUT2D eigenvalue weighted by Gasteiger charge is 2.30. The second-order valence-corrected chi connectivity index (χ2v) is 4.94. The molecule has 2 unspecified atom stereocenters. The van der Waals surface area contributed by atoms with E-state index in [1.807, 2.05) is 6.92 Å². The zero-order chi connectivity index (χ0) is 13.8. The first-order chi connectivity index (χ1) is 9.11. The summed E-state index contributed by atoms with van der Waals surface area (Å²) in [5.74, 6) is -0.291. The smallest absolute Gasteiger partial charge is 0.271 e. The average Bonchev–Trinajstić information content (AvgIpc) is 2.41. The number of ether oxygens (including phenoxy) is 1. The van der Waals surface area contributed by atoms with Crippen LogP contribution in [0.4, 0.5) is 5.69 Å². The summed E-state index contributed by atoms with van der Waals surface area (Å²) >= 11 is 0.